The lowest BCUT2D eigenvalue weighted by Gasteiger charge is -2.12. The van der Waals surface area contributed by atoms with E-state index in [-0.39, 0.29) is 19.0 Å². The summed E-state index contributed by atoms with van der Waals surface area (Å²) in [7, 11) is -3.21. The van der Waals surface area contributed by atoms with Crippen LogP contribution in [0.25, 0.3) is 22.3 Å². The summed E-state index contributed by atoms with van der Waals surface area (Å²) in [5, 5.41) is 44.7. The van der Waals surface area contributed by atoms with Crippen molar-refractivity contribution >= 4 is 42.8 Å². The van der Waals surface area contributed by atoms with Gasteiger partial charge in [0.2, 0.25) is 5.78 Å². The van der Waals surface area contributed by atoms with Crippen molar-refractivity contribution in [3.05, 3.63) is 132 Å². The van der Waals surface area contributed by atoms with Gasteiger partial charge in [-0.15, -0.1) is 0 Å². The maximum absolute atomic E-state index is 13.4. The average Bonchev–Trinajstić information content (AvgIpc) is 3.10. The van der Waals surface area contributed by atoms with Gasteiger partial charge in [0.25, 0.3) is 11.8 Å². The van der Waals surface area contributed by atoms with Crippen molar-refractivity contribution in [2.45, 2.75) is 20.0 Å². The van der Waals surface area contributed by atoms with E-state index in [0.29, 0.717) is 29.6 Å². The molecule has 0 radical (unpaired) electrons. The van der Waals surface area contributed by atoms with E-state index < -0.39 is 25.9 Å². The van der Waals surface area contributed by atoms with Crippen molar-refractivity contribution in [2.75, 3.05) is 13.1 Å². The molecule has 11 nitrogen and oxygen atoms in total. The van der Waals surface area contributed by atoms with Gasteiger partial charge in [-0.3, -0.25) is 14.4 Å². The number of nitrogens with one attached hydrogen (secondary N) is 2. The second kappa shape index (κ2) is 16.1. The van der Waals surface area contributed by atoms with Gasteiger partial charge in [-0.1, -0.05) is 48.5 Å². The summed E-state index contributed by atoms with van der Waals surface area (Å²) in [5.41, 5.74) is 5.81. The Labute approximate surface area is 284 Å². The summed E-state index contributed by atoms with van der Waals surface area (Å²) in [6.07, 6.45) is 7.58. The number of nitrogens with zero attached hydrogens (tertiary/aromatic N) is 2. The molecule has 3 aromatic carbocycles. The molecular formula is C36H36B2N4O7+2. The van der Waals surface area contributed by atoms with Gasteiger partial charge < -0.3 is 30.7 Å². The molecule has 0 fully saturated rings. The fraction of sp³-hybridized carbons (Fsp3) is 0.139. The Hall–Kier alpha value is -5.46. The molecule has 13 heteroatoms. The van der Waals surface area contributed by atoms with E-state index in [4.69, 9.17) is 0 Å². The Bertz CT molecular complexity index is 1870. The molecule has 0 saturated heterocycles. The predicted octanol–water partition coefficient (Wildman–Crippen LogP) is -0.513. The molecule has 0 aliphatic rings. The van der Waals surface area contributed by atoms with Crippen molar-refractivity contribution in [1.82, 2.24) is 10.6 Å². The van der Waals surface area contributed by atoms with Crippen LogP contribution in [0.2, 0.25) is 0 Å². The standard InChI is InChI=1S/C36H34B2N4O7/c1-25(43)35(44)39-14-15-40-36(45)32-19-30(26-10-6-16-41(21-26)23-28-8-2-4-12-33(28)37(46)47)18-31(20-32)27-11-7-17-42(22-27)24-29-9-3-5-13-34(29)38(48)49/h2-13,16-22,46-49H,14-15,23-24H2,1H3/p+2. The SMILES string of the molecule is CC(=O)C(=O)NCCNC(=O)c1cc(-c2ccc[n+](Cc3ccccc3B(O)O)c2)cc(-c2ccc[n+](Cc3ccccc3B(O)O)c2)c1. The van der Waals surface area contributed by atoms with E-state index >= 15 is 0 Å². The number of pyridine rings is 2. The van der Waals surface area contributed by atoms with E-state index in [0.717, 1.165) is 33.4 Å². The summed E-state index contributed by atoms with van der Waals surface area (Å²) < 4.78 is 3.84. The number of benzene rings is 3. The van der Waals surface area contributed by atoms with Crippen LogP contribution in [0, 0.1) is 0 Å². The van der Waals surface area contributed by atoms with Crippen LogP contribution in [0.3, 0.4) is 0 Å². The lowest BCUT2D eigenvalue weighted by Crippen LogP contribution is -2.40. The largest absolute Gasteiger partial charge is 0.488 e. The van der Waals surface area contributed by atoms with Crippen LogP contribution >= 0.6 is 0 Å². The lowest BCUT2D eigenvalue weighted by atomic mass is 9.77. The molecule has 0 aliphatic heterocycles. The van der Waals surface area contributed by atoms with Crippen LogP contribution < -0.4 is 30.7 Å². The van der Waals surface area contributed by atoms with Crippen LogP contribution in [-0.2, 0) is 22.7 Å². The topological polar surface area (TPSA) is 164 Å². The highest BCUT2D eigenvalue weighted by Crippen LogP contribution is 2.27. The highest BCUT2D eigenvalue weighted by atomic mass is 16.4. The zero-order chi connectivity index (χ0) is 34.9. The van der Waals surface area contributed by atoms with Gasteiger partial charge in [-0.25, -0.2) is 9.13 Å². The smallest absolute Gasteiger partial charge is 0.423 e. The van der Waals surface area contributed by atoms with Crippen molar-refractivity contribution < 1.29 is 43.6 Å². The molecule has 0 spiro atoms. The van der Waals surface area contributed by atoms with E-state index in [1.165, 1.54) is 6.92 Å². The number of rotatable bonds is 13. The number of hydrogen-bond donors (Lipinski definition) is 6. The molecule has 0 atom stereocenters. The molecule has 2 aromatic heterocycles. The minimum atomic E-state index is -1.61. The second-order valence-electron chi connectivity index (χ2n) is 11.5. The number of aromatic nitrogens is 2. The summed E-state index contributed by atoms with van der Waals surface area (Å²) in [5.74, 6) is -1.71. The van der Waals surface area contributed by atoms with Gasteiger partial charge in [-0.05, 0) is 52.4 Å². The molecule has 5 rings (SSSR count). The molecule has 0 unspecified atom stereocenters. The molecule has 2 heterocycles. The van der Waals surface area contributed by atoms with Crippen LogP contribution in [-0.4, -0.2) is 65.0 Å². The van der Waals surface area contributed by atoms with Crippen molar-refractivity contribution in [3.8, 4) is 22.3 Å². The van der Waals surface area contributed by atoms with Crippen molar-refractivity contribution in [3.63, 3.8) is 0 Å². The molecule has 2 amide bonds. The Balaban J connectivity index is 1.49. The van der Waals surface area contributed by atoms with Gasteiger partial charge in [0.15, 0.2) is 37.9 Å². The maximum Gasteiger partial charge on any atom is 0.488 e. The monoisotopic (exact) mass is 658 g/mol. The molecule has 6 N–H and O–H groups in total. The number of ketones is 1. The first-order chi connectivity index (χ1) is 23.6. The molecule has 0 bridgehead atoms. The number of hydrogen-bond acceptors (Lipinski definition) is 7. The van der Waals surface area contributed by atoms with Gasteiger partial charge in [-0.2, -0.15) is 0 Å². The van der Waals surface area contributed by atoms with Gasteiger partial charge >= 0.3 is 14.2 Å². The zero-order valence-electron chi connectivity index (χ0n) is 26.9. The van der Waals surface area contributed by atoms with E-state index in [1.807, 2.05) is 88.5 Å². The summed E-state index contributed by atoms with van der Waals surface area (Å²) in [6, 6.07) is 27.3. The van der Waals surface area contributed by atoms with Crippen LogP contribution in [0.1, 0.15) is 28.4 Å². The minimum absolute atomic E-state index is 0.0854. The maximum atomic E-state index is 13.4. The highest BCUT2D eigenvalue weighted by molar-refractivity contribution is 6.59. The average molecular weight is 658 g/mol. The van der Waals surface area contributed by atoms with Crippen LogP contribution in [0.15, 0.2) is 116 Å². The van der Waals surface area contributed by atoms with Crippen LogP contribution in [0.5, 0.6) is 0 Å². The van der Waals surface area contributed by atoms with Crippen molar-refractivity contribution in [2.24, 2.45) is 0 Å². The highest BCUT2D eigenvalue weighted by Gasteiger charge is 2.20. The first kappa shape index (κ1) is 34.9. The van der Waals surface area contributed by atoms with E-state index in [1.54, 1.807) is 36.4 Å². The second-order valence-corrected chi connectivity index (χ2v) is 11.5. The minimum Gasteiger partial charge on any atom is -0.423 e. The third-order valence-corrected chi connectivity index (χ3v) is 7.97. The van der Waals surface area contributed by atoms with Gasteiger partial charge in [0.05, 0.1) is 0 Å². The zero-order valence-corrected chi connectivity index (χ0v) is 26.9. The molecule has 0 saturated carbocycles. The Morgan fingerprint density at radius 1 is 0.612 bits per heavy atom. The summed E-state index contributed by atoms with van der Waals surface area (Å²) in [4.78, 5) is 36.3. The Morgan fingerprint density at radius 3 is 1.55 bits per heavy atom. The molecular weight excluding hydrogens is 622 g/mol. The van der Waals surface area contributed by atoms with E-state index in [2.05, 4.69) is 10.6 Å². The third kappa shape index (κ3) is 9.12. The number of Topliss-reactive ketones (excluding diaryl/α,β-unsaturated/α-hetero) is 1. The molecule has 0 aliphatic carbocycles. The first-order valence-corrected chi connectivity index (χ1v) is 15.7. The molecule has 5 aromatic rings. The third-order valence-electron chi connectivity index (χ3n) is 7.97. The number of amides is 2. The lowest BCUT2D eigenvalue weighted by molar-refractivity contribution is -0.687. The fourth-order valence-corrected chi connectivity index (χ4v) is 5.51. The normalized spacial score (nSPS) is 10.7. The van der Waals surface area contributed by atoms with Crippen molar-refractivity contribution in [1.29, 1.82) is 0 Å². The van der Waals surface area contributed by atoms with Crippen LogP contribution in [0.4, 0.5) is 0 Å². The van der Waals surface area contributed by atoms with Gasteiger partial charge in [0, 0.05) is 60.0 Å². The summed E-state index contributed by atoms with van der Waals surface area (Å²) >= 11 is 0. The Morgan fingerprint density at radius 2 is 1.08 bits per heavy atom. The molecule has 246 valence electrons. The van der Waals surface area contributed by atoms with Gasteiger partial charge in [0.1, 0.15) is 0 Å². The number of carbonyl (C=O) groups is 3. The first-order valence-electron chi connectivity index (χ1n) is 15.7. The van der Waals surface area contributed by atoms with E-state index in [9.17, 15) is 34.5 Å². The predicted molar refractivity (Wildman–Crippen MR) is 184 cm³/mol. The number of carbonyl (C=O) groups excluding carboxylic acids is 3. The molecule has 49 heavy (non-hydrogen) atoms. The Kier molecular flexibility index (Phi) is 11.4. The quantitative estimate of drug-likeness (QED) is 0.0430. The summed E-state index contributed by atoms with van der Waals surface area (Å²) in [6.45, 7) is 2.13. The fourth-order valence-electron chi connectivity index (χ4n) is 5.51.